The number of nitrogens with zero attached hydrogens (tertiary/aromatic N) is 4. The van der Waals surface area contributed by atoms with Gasteiger partial charge in [0.1, 0.15) is 11.8 Å². The second-order valence-corrected chi connectivity index (χ2v) is 7.82. The molecule has 4 heterocycles. The van der Waals surface area contributed by atoms with Gasteiger partial charge in [0.05, 0.1) is 17.4 Å². The zero-order valence-corrected chi connectivity index (χ0v) is 16.5. The lowest BCUT2D eigenvalue weighted by molar-refractivity contribution is 0.512. The van der Waals surface area contributed by atoms with Crippen LogP contribution in [0.1, 0.15) is 19.4 Å². The van der Waals surface area contributed by atoms with Crippen molar-refractivity contribution < 1.29 is 0 Å². The van der Waals surface area contributed by atoms with Crippen LogP contribution in [0.15, 0.2) is 70.8 Å². The summed E-state index contributed by atoms with van der Waals surface area (Å²) in [6.45, 7) is 5.21. The normalized spacial score (nSPS) is 17.4. The van der Waals surface area contributed by atoms with Crippen molar-refractivity contribution in [1.82, 2.24) is 24.8 Å². The third kappa shape index (κ3) is 2.88. The van der Waals surface area contributed by atoms with Crippen molar-refractivity contribution in [2.75, 3.05) is 11.9 Å². The highest BCUT2D eigenvalue weighted by atomic mass is 32.2. The van der Waals surface area contributed by atoms with Crippen LogP contribution >= 0.6 is 11.8 Å². The number of hydrogen-bond donors (Lipinski definition) is 2. The summed E-state index contributed by atoms with van der Waals surface area (Å²) in [7, 11) is 0. The third-order valence-corrected chi connectivity index (χ3v) is 6.19. The molecule has 3 aromatic rings. The summed E-state index contributed by atoms with van der Waals surface area (Å²) < 4.78 is 0. The van der Waals surface area contributed by atoms with E-state index in [4.69, 9.17) is 0 Å². The van der Waals surface area contributed by atoms with E-state index in [0.29, 0.717) is 5.65 Å². The van der Waals surface area contributed by atoms with Crippen LogP contribution in [0.5, 0.6) is 0 Å². The minimum atomic E-state index is 0.0766. The zero-order chi connectivity index (χ0) is 19.1. The molecule has 0 fully saturated rings. The van der Waals surface area contributed by atoms with E-state index in [1.807, 2.05) is 0 Å². The monoisotopic (exact) mass is 388 g/mol. The Morgan fingerprint density at radius 1 is 1.18 bits per heavy atom. The topological polar surface area (TPSA) is 69.7 Å². The van der Waals surface area contributed by atoms with E-state index in [0.717, 1.165) is 17.9 Å². The average molecular weight is 389 g/mol. The minimum Gasteiger partial charge on any atom is -0.362 e. The van der Waals surface area contributed by atoms with Gasteiger partial charge >= 0.3 is 0 Å². The fraction of sp³-hybridized carbons (Fsp3) is 0.190. The molecule has 0 radical (unpaired) electrons. The largest absolute Gasteiger partial charge is 0.362 e. The van der Waals surface area contributed by atoms with E-state index >= 15 is 0 Å². The molecular formula is C21H20N6S. The summed E-state index contributed by atoms with van der Waals surface area (Å²) in [5.41, 5.74) is 6.64. The van der Waals surface area contributed by atoms with Crippen molar-refractivity contribution in [2.45, 2.75) is 19.9 Å². The minimum absolute atomic E-state index is 0.0766. The predicted octanol–water partition coefficient (Wildman–Crippen LogP) is 4.37. The van der Waals surface area contributed by atoms with E-state index in [9.17, 15) is 0 Å². The molecule has 0 saturated heterocycles. The first-order valence-electron chi connectivity index (χ1n) is 9.22. The second kappa shape index (κ2) is 6.83. The van der Waals surface area contributed by atoms with Gasteiger partial charge in [0.2, 0.25) is 0 Å². The highest BCUT2D eigenvalue weighted by Crippen LogP contribution is 2.41. The maximum Gasteiger partial charge on any atom is 0.182 e. The van der Waals surface area contributed by atoms with Crippen molar-refractivity contribution in [3.05, 3.63) is 76.3 Å². The Labute approximate surface area is 167 Å². The number of H-pyrrole nitrogens is 1. The number of aromatic nitrogens is 4. The number of imidazole rings is 1. The molecular weight excluding hydrogens is 368 g/mol. The Bertz CT molecular complexity index is 1130. The van der Waals surface area contributed by atoms with Crippen LogP contribution in [-0.2, 0) is 0 Å². The van der Waals surface area contributed by atoms with Crippen LogP contribution in [-0.4, -0.2) is 37.4 Å². The molecule has 0 aliphatic carbocycles. The lowest BCUT2D eigenvalue weighted by Gasteiger charge is -2.31. The number of thioether (sulfide) groups is 1. The van der Waals surface area contributed by atoms with Gasteiger partial charge in [-0.05, 0) is 42.0 Å². The zero-order valence-electron chi connectivity index (χ0n) is 15.7. The number of rotatable bonds is 4. The molecule has 2 aromatic heterocycles. The lowest BCUT2D eigenvalue weighted by atomic mass is 9.92. The van der Waals surface area contributed by atoms with Gasteiger partial charge < -0.3 is 15.2 Å². The fourth-order valence-corrected chi connectivity index (χ4v) is 4.62. The quantitative estimate of drug-likeness (QED) is 0.692. The number of allylic oxidation sites excluding steroid dienone is 1. The van der Waals surface area contributed by atoms with Crippen molar-refractivity contribution in [1.29, 1.82) is 0 Å². The van der Waals surface area contributed by atoms with Crippen molar-refractivity contribution in [3.63, 3.8) is 0 Å². The molecule has 2 N–H and O–H groups in total. The maximum atomic E-state index is 4.43. The first-order valence-corrected chi connectivity index (χ1v) is 10.1. The molecule has 0 spiro atoms. The predicted molar refractivity (Wildman–Crippen MR) is 114 cm³/mol. The van der Waals surface area contributed by atoms with E-state index in [1.54, 1.807) is 24.4 Å². The van der Waals surface area contributed by atoms with Crippen LogP contribution in [0.4, 0.5) is 5.82 Å². The van der Waals surface area contributed by atoms with Crippen molar-refractivity contribution in [3.8, 4) is 0 Å². The number of hydrogen-bond acceptors (Lipinski definition) is 6. The standard InChI is InChI=1S/C21H20N6S/c1-13-10-28-18-8-16(17(9-27(13)18)15-6-4-3-5-7-15)14(2)26-21-19-20(23-11-22-19)24-12-25-21/h3-8,10-12,14H,9H2,1-2H3,(H2,22,23,24,25,26). The highest BCUT2D eigenvalue weighted by Gasteiger charge is 2.28. The molecule has 0 amide bonds. The molecule has 1 unspecified atom stereocenters. The van der Waals surface area contributed by atoms with E-state index in [-0.39, 0.29) is 6.04 Å². The number of aromatic amines is 1. The molecule has 0 saturated carbocycles. The van der Waals surface area contributed by atoms with Gasteiger partial charge in [-0.3, -0.25) is 0 Å². The lowest BCUT2D eigenvalue weighted by Crippen LogP contribution is -2.28. The van der Waals surface area contributed by atoms with E-state index in [1.165, 1.54) is 27.4 Å². The molecule has 1 aromatic carbocycles. The van der Waals surface area contributed by atoms with Crippen LogP contribution in [0.2, 0.25) is 0 Å². The summed E-state index contributed by atoms with van der Waals surface area (Å²) >= 11 is 1.78. The maximum absolute atomic E-state index is 4.43. The molecule has 2 aliphatic rings. The molecule has 1 atom stereocenters. The SMILES string of the molecule is CC1=CSC2=CC(C(C)Nc3ncnc4nc[nH]c34)=C(c3ccccc3)CN12. The Hall–Kier alpha value is -3.06. The van der Waals surface area contributed by atoms with Crippen LogP contribution in [0.25, 0.3) is 16.7 Å². The number of anilines is 1. The van der Waals surface area contributed by atoms with Gasteiger partial charge in [0, 0.05) is 12.2 Å². The third-order valence-electron chi connectivity index (χ3n) is 5.15. The fourth-order valence-electron chi connectivity index (χ4n) is 3.67. The summed E-state index contributed by atoms with van der Waals surface area (Å²) in [6, 6.07) is 10.7. The molecule has 7 heteroatoms. The van der Waals surface area contributed by atoms with Gasteiger partial charge in [-0.15, -0.1) is 0 Å². The van der Waals surface area contributed by atoms with E-state index in [2.05, 4.69) is 85.8 Å². The Kier molecular flexibility index (Phi) is 4.16. The molecule has 0 bridgehead atoms. The van der Waals surface area contributed by atoms with Crippen LogP contribution in [0.3, 0.4) is 0 Å². The Morgan fingerprint density at radius 3 is 2.89 bits per heavy atom. The van der Waals surface area contributed by atoms with Crippen LogP contribution in [0, 0.1) is 0 Å². The van der Waals surface area contributed by atoms with Gasteiger partial charge in [0.15, 0.2) is 11.5 Å². The second-order valence-electron chi connectivity index (χ2n) is 6.94. The number of fused-ring (bicyclic) bond motifs is 2. The van der Waals surface area contributed by atoms with Crippen LogP contribution < -0.4 is 5.32 Å². The summed E-state index contributed by atoms with van der Waals surface area (Å²) in [5, 5.41) is 7.05. The smallest absolute Gasteiger partial charge is 0.182 e. The summed E-state index contributed by atoms with van der Waals surface area (Å²) in [6.07, 6.45) is 5.49. The Morgan fingerprint density at radius 2 is 2.04 bits per heavy atom. The summed E-state index contributed by atoms with van der Waals surface area (Å²) in [4.78, 5) is 18.4. The van der Waals surface area contributed by atoms with Gasteiger partial charge in [0.25, 0.3) is 0 Å². The highest BCUT2D eigenvalue weighted by molar-refractivity contribution is 8.06. The van der Waals surface area contributed by atoms with Gasteiger partial charge in [-0.2, -0.15) is 0 Å². The average Bonchev–Trinajstić information content (AvgIpc) is 3.35. The molecule has 2 aliphatic heterocycles. The van der Waals surface area contributed by atoms with E-state index < -0.39 is 0 Å². The number of nitrogens with one attached hydrogen (secondary N) is 2. The molecule has 6 nitrogen and oxygen atoms in total. The molecule has 28 heavy (non-hydrogen) atoms. The molecule has 5 rings (SSSR count). The van der Waals surface area contributed by atoms with Crippen molar-refractivity contribution in [2.24, 2.45) is 0 Å². The first kappa shape index (κ1) is 17.1. The molecule has 140 valence electrons. The number of benzene rings is 1. The van der Waals surface area contributed by atoms with Gasteiger partial charge in [-0.1, -0.05) is 42.1 Å². The Balaban J connectivity index is 1.55. The first-order chi connectivity index (χ1) is 13.7. The van der Waals surface area contributed by atoms with Crippen molar-refractivity contribution >= 4 is 34.3 Å². The van der Waals surface area contributed by atoms with Gasteiger partial charge in [-0.25, -0.2) is 15.0 Å². The summed E-state index contributed by atoms with van der Waals surface area (Å²) in [5.74, 6) is 0.768.